The van der Waals surface area contributed by atoms with E-state index in [1.165, 1.54) is 58.5 Å². The van der Waals surface area contributed by atoms with Gasteiger partial charge in [0, 0.05) is 0 Å². The van der Waals surface area contributed by atoms with E-state index in [4.69, 9.17) is 5.53 Å². The largest absolute Gasteiger partial charge is 0.460 e. The Morgan fingerprint density at radius 3 is 1.84 bits per heavy atom. The lowest BCUT2D eigenvalue weighted by Crippen LogP contribution is -2.16. The van der Waals surface area contributed by atoms with Crippen LogP contribution in [0.2, 0.25) is 0 Å². The molecule has 4 heteroatoms. The molecule has 0 saturated heterocycles. The quantitative estimate of drug-likeness (QED) is 0.175. The van der Waals surface area contributed by atoms with Crippen molar-refractivity contribution in [1.29, 1.82) is 0 Å². The highest BCUT2D eigenvalue weighted by Crippen LogP contribution is 2.11. The first-order valence-corrected chi connectivity index (χ1v) is 7.55. The molecule has 0 atom stereocenters. The zero-order valence-corrected chi connectivity index (χ0v) is 12.5. The van der Waals surface area contributed by atoms with E-state index in [0.29, 0.717) is 6.42 Å². The summed E-state index contributed by atoms with van der Waals surface area (Å²) in [6, 6.07) is 0. The van der Waals surface area contributed by atoms with Gasteiger partial charge in [-0.2, -0.15) is 4.79 Å². The molecule has 0 aliphatic rings. The maximum Gasteiger partial charge on any atom is 0.416 e. The van der Waals surface area contributed by atoms with Gasteiger partial charge >= 0.3 is 11.7 Å². The number of unbranched alkanes of at least 4 members (excludes halogenated alkanes) is 9. The van der Waals surface area contributed by atoms with Gasteiger partial charge in [0.2, 0.25) is 0 Å². The third-order valence-corrected chi connectivity index (χ3v) is 3.31. The van der Waals surface area contributed by atoms with Crippen molar-refractivity contribution in [2.24, 2.45) is 0 Å². The van der Waals surface area contributed by atoms with Crippen LogP contribution < -0.4 is 0 Å². The van der Waals surface area contributed by atoms with E-state index in [1.807, 2.05) is 0 Å². The number of ether oxygens (including phenoxy) is 1. The summed E-state index contributed by atoms with van der Waals surface area (Å²) in [5.41, 5.74) is 8.79. The lowest BCUT2D eigenvalue weighted by molar-refractivity contribution is -0.137. The first kappa shape index (κ1) is 17.8. The predicted molar refractivity (Wildman–Crippen MR) is 77.1 cm³/mol. The first-order chi connectivity index (χ1) is 9.26. The minimum Gasteiger partial charge on any atom is -0.460 e. The number of rotatable bonds is 12. The van der Waals surface area contributed by atoms with Crippen molar-refractivity contribution in [2.75, 3.05) is 7.11 Å². The van der Waals surface area contributed by atoms with Crippen LogP contribution in [0.5, 0.6) is 0 Å². The number of methoxy groups -OCH3 is 1. The van der Waals surface area contributed by atoms with Gasteiger partial charge in [-0.15, -0.1) is 0 Å². The SMILES string of the molecule is CCCCCCCCCCCCC(=[N+]=[N-])C(=O)OC. The van der Waals surface area contributed by atoms with Crippen molar-refractivity contribution >= 4 is 11.7 Å². The van der Waals surface area contributed by atoms with Gasteiger partial charge in [-0.3, -0.25) is 0 Å². The van der Waals surface area contributed by atoms with Crippen LogP contribution in [0.25, 0.3) is 5.53 Å². The van der Waals surface area contributed by atoms with Gasteiger partial charge < -0.3 is 10.3 Å². The molecule has 0 aromatic rings. The first-order valence-electron chi connectivity index (χ1n) is 7.55. The fraction of sp³-hybridized carbons (Fsp3) is 0.867. The topological polar surface area (TPSA) is 62.7 Å². The van der Waals surface area contributed by atoms with Crippen LogP contribution >= 0.6 is 0 Å². The number of esters is 1. The molecule has 19 heavy (non-hydrogen) atoms. The summed E-state index contributed by atoms with van der Waals surface area (Å²) in [5, 5.41) is 0. The molecule has 0 N–H and O–H groups in total. The summed E-state index contributed by atoms with van der Waals surface area (Å²) in [7, 11) is 1.30. The van der Waals surface area contributed by atoms with Crippen LogP contribution in [-0.4, -0.2) is 23.6 Å². The predicted octanol–water partition coefficient (Wildman–Crippen LogP) is 4.14. The summed E-state index contributed by atoms with van der Waals surface area (Å²) < 4.78 is 4.52. The Morgan fingerprint density at radius 2 is 1.42 bits per heavy atom. The smallest absolute Gasteiger partial charge is 0.416 e. The Morgan fingerprint density at radius 1 is 0.947 bits per heavy atom. The number of hydrogen-bond donors (Lipinski definition) is 0. The Hall–Kier alpha value is -1.15. The van der Waals surface area contributed by atoms with Crippen LogP contribution in [0.4, 0.5) is 0 Å². The Bertz CT molecular complexity index is 284. The van der Waals surface area contributed by atoms with Crippen molar-refractivity contribution in [3.63, 3.8) is 0 Å². The Balaban J connectivity index is 3.36. The van der Waals surface area contributed by atoms with Crippen molar-refractivity contribution in [3.8, 4) is 0 Å². The number of nitrogens with zero attached hydrogens (tertiary/aromatic N) is 2. The third kappa shape index (κ3) is 10.5. The van der Waals surface area contributed by atoms with E-state index >= 15 is 0 Å². The Kier molecular flexibility index (Phi) is 12.5. The third-order valence-electron chi connectivity index (χ3n) is 3.31. The second kappa shape index (κ2) is 13.3. The maximum absolute atomic E-state index is 11.1. The molecule has 4 nitrogen and oxygen atoms in total. The zero-order valence-electron chi connectivity index (χ0n) is 12.5. The molecule has 0 heterocycles. The summed E-state index contributed by atoms with van der Waals surface area (Å²) in [4.78, 5) is 14.1. The molecule has 0 aliphatic heterocycles. The zero-order chi connectivity index (χ0) is 14.3. The van der Waals surface area contributed by atoms with Gasteiger partial charge in [-0.05, 0) is 6.42 Å². The molecule has 0 unspecified atom stereocenters. The van der Waals surface area contributed by atoms with Crippen LogP contribution in [0, 0.1) is 0 Å². The van der Waals surface area contributed by atoms with Crippen molar-refractivity contribution in [3.05, 3.63) is 5.53 Å². The van der Waals surface area contributed by atoms with Crippen molar-refractivity contribution in [2.45, 2.75) is 77.6 Å². The summed E-state index contributed by atoms with van der Waals surface area (Å²) in [6.07, 6.45) is 12.9. The van der Waals surface area contributed by atoms with E-state index in [0.717, 1.165) is 12.8 Å². The van der Waals surface area contributed by atoms with Crippen molar-refractivity contribution < 1.29 is 14.3 Å². The highest BCUT2D eigenvalue weighted by atomic mass is 16.5. The van der Waals surface area contributed by atoms with Gasteiger partial charge in [0.15, 0.2) is 0 Å². The van der Waals surface area contributed by atoms with Crippen LogP contribution in [0.15, 0.2) is 0 Å². The molecule has 0 bridgehead atoms. The van der Waals surface area contributed by atoms with Gasteiger partial charge in [-0.25, -0.2) is 4.79 Å². The lowest BCUT2D eigenvalue weighted by Gasteiger charge is -2.01. The van der Waals surface area contributed by atoms with Crippen LogP contribution in [-0.2, 0) is 9.53 Å². The van der Waals surface area contributed by atoms with Gasteiger partial charge in [0.05, 0.1) is 13.5 Å². The molecule has 0 saturated carbocycles. The van der Waals surface area contributed by atoms with E-state index in [1.54, 1.807) is 0 Å². The second-order valence-corrected chi connectivity index (χ2v) is 4.97. The standard InChI is InChI=1S/C15H28N2O2/c1-3-4-5-6-7-8-9-10-11-12-13-14(17-16)15(18)19-2/h3-13H2,1-2H3. The van der Waals surface area contributed by atoms with Crippen LogP contribution in [0.1, 0.15) is 77.6 Å². The number of hydrogen-bond acceptors (Lipinski definition) is 2. The van der Waals surface area contributed by atoms with Gasteiger partial charge in [0.1, 0.15) is 0 Å². The summed E-state index contributed by atoms with van der Waals surface area (Å²) >= 11 is 0. The second-order valence-electron chi connectivity index (χ2n) is 4.97. The molecule has 0 spiro atoms. The molecule has 0 aliphatic carbocycles. The van der Waals surface area contributed by atoms with Crippen LogP contribution in [0.3, 0.4) is 0 Å². The fourth-order valence-electron chi connectivity index (χ4n) is 2.09. The van der Waals surface area contributed by atoms with E-state index in [2.05, 4.69) is 16.5 Å². The summed E-state index contributed by atoms with van der Waals surface area (Å²) in [5.74, 6) is -0.529. The van der Waals surface area contributed by atoms with E-state index in [9.17, 15) is 4.79 Å². The van der Waals surface area contributed by atoms with Gasteiger partial charge in [0.25, 0.3) is 0 Å². The Labute approximate surface area is 117 Å². The normalized spacial score (nSPS) is 10.0. The highest BCUT2D eigenvalue weighted by molar-refractivity contribution is 6.33. The molecule has 0 fully saturated rings. The van der Waals surface area contributed by atoms with Crippen molar-refractivity contribution in [1.82, 2.24) is 0 Å². The average Bonchev–Trinajstić information content (AvgIpc) is 2.44. The minimum atomic E-state index is -0.529. The van der Waals surface area contributed by atoms with E-state index < -0.39 is 5.97 Å². The lowest BCUT2D eigenvalue weighted by atomic mass is 10.0. The molecule has 0 aromatic carbocycles. The average molecular weight is 268 g/mol. The van der Waals surface area contributed by atoms with Gasteiger partial charge in [-0.1, -0.05) is 64.7 Å². The minimum absolute atomic E-state index is 0.127. The summed E-state index contributed by atoms with van der Waals surface area (Å²) in [6.45, 7) is 2.23. The molecular formula is C15H28N2O2. The monoisotopic (exact) mass is 268 g/mol. The highest BCUT2D eigenvalue weighted by Gasteiger charge is 2.19. The maximum atomic E-state index is 11.1. The molecule has 110 valence electrons. The fourth-order valence-corrected chi connectivity index (χ4v) is 2.09. The molecule has 0 amide bonds. The number of carbonyl (C=O) groups excluding carboxylic acids is 1. The molecule has 0 rings (SSSR count). The molecule has 0 radical (unpaired) electrons. The molecular weight excluding hydrogens is 240 g/mol. The number of carbonyl (C=O) groups is 1. The van der Waals surface area contributed by atoms with E-state index in [-0.39, 0.29) is 5.71 Å². The molecule has 0 aromatic heterocycles.